The zero-order valence-electron chi connectivity index (χ0n) is 15.3. The number of amides is 1. The van der Waals surface area contributed by atoms with Gasteiger partial charge in [-0.3, -0.25) is 9.48 Å². The second-order valence-electron chi connectivity index (χ2n) is 6.95. The first-order chi connectivity index (χ1) is 13.0. The molecule has 3 aromatic heterocycles. The number of aromatic amines is 1. The number of fused-ring (bicyclic) bond motifs is 2. The van der Waals surface area contributed by atoms with Crippen LogP contribution in [-0.4, -0.2) is 35.4 Å². The maximum atomic E-state index is 12.5. The van der Waals surface area contributed by atoms with Gasteiger partial charge >= 0.3 is 0 Å². The van der Waals surface area contributed by atoms with Crippen molar-refractivity contribution < 1.29 is 4.79 Å². The highest BCUT2D eigenvalue weighted by Gasteiger charge is 2.34. The molecule has 1 aliphatic heterocycles. The van der Waals surface area contributed by atoms with Gasteiger partial charge in [-0.1, -0.05) is 12.1 Å². The Morgan fingerprint density at radius 3 is 2.78 bits per heavy atom. The highest BCUT2D eigenvalue weighted by atomic mass is 16.1. The van der Waals surface area contributed by atoms with Crippen LogP contribution in [0.2, 0.25) is 0 Å². The van der Waals surface area contributed by atoms with Crippen LogP contribution in [0.5, 0.6) is 0 Å². The van der Waals surface area contributed by atoms with E-state index < -0.39 is 0 Å². The summed E-state index contributed by atoms with van der Waals surface area (Å²) in [6.45, 7) is 3.99. The van der Waals surface area contributed by atoms with E-state index in [2.05, 4.69) is 25.5 Å². The largest absolute Gasteiger partial charge is 0.322 e. The van der Waals surface area contributed by atoms with E-state index in [-0.39, 0.29) is 11.8 Å². The maximum absolute atomic E-state index is 12.5. The average molecular weight is 361 g/mol. The van der Waals surface area contributed by atoms with Gasteiger partial charge in [0.05, 0.1) is 22.9 Å². The molecule has 1 aromatic carbocycles. The van der Waals surface area contributed by atoms with Crippen LogP contribution in [0, 0.1) is 13.8 Å². The third kappa shape index (κ3) is 2.29. The molecule has 0 spiro atoms. The van der Waals surface area contributed by atoms with Gasteiger partial charge < -0.3 is 10.3 Å². The van der Waals surface area contributed by atoms with E-state index in [0.29, 0.717) is 18.2 Å². The molecule has 1 atom stereocenters. The molecule has 8 nitrogen and oxygen atoms in total. The minimum Gasteiger partial charge on any atom is -0.322 e. The van der Waals surface area contributed by atoms with E-state index in [9.17, 15) is 4.79 Å². The first-order valence-electron chi connectivity index (χ1n) is 8.86. The van der Waals surface area contributed by atoms with Crippen LogP contribution in [0.4, 0.5) is 5.82 Å². The van der Waals surface area contributed by atoms with Crippen molar-refractivity contribution in [3.05, 3.63) is 53.0 Å². The Morgan fingerprint density at radius 2 is 2.04 bits per heavy atom. The molecule has 27 heavy (non-hydrogen) atoms. The fourth-order valence-electron chi connectivity index (χ4n) is 3.86. The lowest BCUT2D eigenvalue weighted by atomic mass is 9.86. The number of nitrogens with zero attached hydrogens (tertiary/aromatic N) is 5. The first-order valence-corrected chi connectivity index (χ1v) is 8.86. The summed E-state index contributed by atoms with van der Waals surface area (Å²) < 4.78 is 3.53. The minimum atomic E-state index is -0.0689. The number of aromatic nitrogens is 6. The van der Waals surface area contributed by atoms with Crippen molar-refractivity contribution in [1.29, 1.82) is 0 Å². The smallest absolute Gasteiger partial charge is 0.231 e. The molecule has 2 N–H and O–H groups in total. The predicted octanol–water partition coefficient (Wildman–Crippen LogP) is 2.57. The SMILES string of the molecule is Cc1nn(-c2nc3ccccc3[nH]2)c2c1[C@H](c1cnn(C)c1C)CC(=O)N2. The highest BCUT2D eigenvalue weighted by molar-refractivity contribution is 5.95. The van der Waals surface area contributed by atoms with Crippen molar-refractivity contribution in [1.82, 2.24) is 29.5 Å². The lowest BCUT2D eigenvalue weighted by Crippen LogP contribution is -2.25. The molecule has 1 amide bonds. The highest BCUT2D eigenvalue weighted by Crippen LogP contribution is 2.40. The molecule has 0 radical (unpaired) electrons. The molecule has 0 bridgehead atoms. The number of hydrogen-bond donors (Lipinski definition) is 2. The zero-order valence-corrected chi connectivity index (χ0v) is 15.3. The molecule has 0 saturated carbocycles. The van der Waals surface area contributed by atoms with Crippen molar-refractivity contribution in [2.45, 2.75) is 26.2 Å². The van der Waals surface area contributed by atoms with E-state index in [1.807, 2.05) is 56.0 Å². The van der Waals surface area contributed by atoms with Crippen LogP contribution < -0.4 is 5.32 Å². The van der Waals surface area contributed by atoms with Gasteiger partial charge in [0.1, 0.15) is 5.82 Å². The molecule has 4 heterocycles. The summed E-state index contributed by atoms with van der Waals surface area (Å²) in [5, 5.41) is 12.0. The minimum absolute atomic E-state index is 0.0342. The van der Waals surface area contributed by atoms with Crippen molar-refractivity contribution >= 4 is 22.8 Å². The molecule has 0 fully saturated rings. The maximum Gasteiger partial charge on any atom is 0.231 e. The molecule has 8 heteroatoms. The Balaban J connectivity index is 1.70. The third-order valence-corrected chi connectivity index (χ3v) is 5.33. The number of carbonyl (C=O) groups is 1. The Bertz CT molecular complexity index is 1160. The molecule has 0 unspecified atom stereocenters. The van der Waals surface area contributed by atoms with Crippen LogP contribution in [0.3, 0.4) is 0 Å². The van der Waals surface area contributed by atoms with Gasteiger partial charge in [0.25, 0.3) is 0 Å². The van der Waals surface area contributed by atoms with E-state index >= 15 is 0 Å². The molecular weight excluding hydrogens is 342 g/mol. The average Bonchev–Trinajstić information content (AvgIpc) is 3.31. The molecule has 1 aliphatic rings. The lowest BCUT2D eigenvalue weighted by molar-refractivity contribution is -0.116. The van der Waals surface area contributed by atoms with Gasteiger partial charge in [0.15, 0.2) is 0 Å². The van der Waals surface area contributed by atoms with Crippen LogP contribution in [0.25, 0.3) is 17.0 Å². The van der Waals surface area contributed by atoms with Crippen molar-refractivity contribution in [2.75, 3.05) is 5.32 Å². The summed E-state index contributed by atoms with van der Waals surface area (Å²) in [6, 6.07) is 7.81. The summed E-state index contributed by atoms with van der Waals surface area (Å²) in [5.41, 5.74) is 5.79. The lowest BCUT2D eigenvalue weighted by Gasteiger charge is -2.23. The number of imidazole rings is 1. The number of para-hydroxylation sites is 2. The van der Waals surface area contributed by atoms with Crippen molar-refractivity contribution in [3.8, 4) is 5.95 Å². The molecule has 0 aliphatic carbocycles. The summed E-state index contributed by atoms with van der Waals surface area (Å²) in [4.78, 5) is 20.4. The van der Waals surface area contributed by atoms with E-state index in [0.717, 1.165) is 33.5 Å². The van der Waals surface area contributed by atoms with E-state index in [4.69, 9.17) is 0 Å². The Kier molecular flexibility index (Phi) is 3.24. The van der Waals surface area contributed by atoms with Crippen molar-refractivity contribution in [3.63, 3.8) is 0 Å². The van der Waals surface area contributed by atoms with Gasteiger partial charge in [-0.05, 0) is 26.0 Å². The summed E-state index contributed by atoms with van der Waals surface area (Å²) in [5.74, 6) is 1.16. The zero-order chi connectivity index (χ0) is 18.7. The molecule has 136 valence electrons. The van der Waals surface area contributed by atoms with Gasteiger partial charge in [0.2, 0.25) is 11.9 Å². The summed E-state index contributed by atoms with van der Waals surface area (Å²) in [6.07, 6.45) is 2.23. The quantitative estimate of drug-likeness (QED) is 0.574. The van der Waals surface area contributed by atoms with Gasteiger partial charge in [-0.25, -0.2) is 4.98 Å². The third-order valence-electron chi connectivity index (χ3n) is 5.33. The Labute approximate surface area is 155 Å². The standard InChI is InChI=1S/C19H19N7O/c1-10-17-12(13-9-20-25(3)11(13)2)8-16(27)23-18(17)26(24-10)19-21-14-6-4-5-7-15(14)22-19/h4-7,9,12H,8H2,1-3H3,(H,21,22)(H,23,27)/t12-/m0/s1. The Morgan fingerprint density at radius 1 is 1.22 bits per heavy atom. The van der Waals surface area contributed by atoms with Gasteiger partial charge in [-0.2, -0.15) is 14.9 Å². The molecule has 4 aromatic rings. The van der Waals surface area contributed by atoms with Crippen LogP contribution in [0.1, 0.15) is 34.9 Å². The number of benzene rings is 1. The van der Waals surface area contributed by atoms with E-state index in [1.54, 1.807) is 4.68 Å². The van der Waals surface area contributed by atoms with Crippen molar-refractivity contribution in [2.24, 2.45) is 7.05 Å². The number of H-pyrrole nitrogens is 1. The van der Waals surface area contributed by atoms with Gasteiger partial charge in [-0.15, -0.1) is 0 Å². The predicted molar refractivity (Wildman–Crippen MR) is 101 cm³/mol. The molecule has 5 rings (SSSR count). The second kappa shape index (κ2) is 5.54. The summed E-state index contributed by atoms with van der Waals surface area (Å²) >= 11 is 0. The van der Waals surface area contributed by atoms with Gasteiger partial charge in [0, 0.05) is 36.2 Å². The van der Waals surface area contributed by atoms with E-state index in [1.165, 1.54) is 0 Å². The van der Waals surface area contributed by atoms with Crippen LogP contribution in [0.15, 0.2) is 30.5 Å². The fourth-order valence-corrected chi connectivity index (χ4v) is 3.86. The van der Waals surface area contributed by atoms with Crippen LogP contribution >= 0.6 is 0 Å². The molecular formula is C19H19N7O. The number of carbonyl (C=O) groups excluding carboxylic acids is 1. The number of rotatable bonds is 2. The number of anilines is 1. The first kappa shape index (κ1) is 15.8. The normalized spacial score (nSPS) is 16.6. The van der Waals surface area contributed by atoms with Crippen LogP contribution in [-0.2, 0) is 11.8 Å². The second-order valence-corrected chi connectivity index (χ2v) is 6.95. The summed E-state index contributed by atoms with van der Waals surface area (Å²) in [7, 11) is 1.91. The fraction of sp³-hybridized carbons (Fsp3) is 0.263. The number of hydrogen-bond acceptors (Lipinski definition) is 4. The molecule has 0 saturated heterocycles. The number of nitrogens with one attached hydrogen (secondary N) is 2. The monoisotopic (exact) mass is 361 g/mol. The number of aryl methyl sites for hydroxylation is 2. The topological polar surface area (TPSA) is 93.4 Å². The Hall–Kier alpha value is -3.42.